The monoisotopic (exact) mass is 388 g/mol. The van der Waals surface area contributed by atoms with Crippen LogP contribution in [0.3, 0.4) is 0 Å². The van der Waals surface area contributed by atoms with Crippen LogP contribution >= 0.6 is 9.24 Å². The lowest BCUT2D eigenvalue weighted by Gasteiger charge is -2.34. The van der Waals surface area contributed by atoms with E-state index >= 15 is 0 Å². The van der Waals surface area contributed by atoms with Gasteiger partial charge in [-0.1, -0.05) is 59.2 Å². The van der Waals surface area contributed by atoms with E-state index in [0.29, 0.717) is 5.16 Å². The lowest BCUT2D eigenvalue weighted by molar-refractivity contribution is 0.329. The maximum atomic E-state index is 10.5. The molecule has 0 radical (unpaired) electrons. The van der Waals surface area contributed by atoms with Gasteiger partial charge in [-0.3, -0.25) is 4.55 Å². The summed E-state index contributed by atoms with van der Waals surface area (Å²) < 4.78 is 29.6. The van der Waals surface area contributed by atoms with Crippen LogP contribution in [-0.2, 0) is 10.1 Å². The Bertz CT molecular complexity index is 563. The van der Waals surface area contributed by atoms with Gasteiger partial charge in [-0.25, -0.2) is 0 Å². The van der Waals surface area contributed by atoms with Crippen molar-refractivity contribution in [3.63, 3.8) is 0 Å². The summed E-state index contributed by atoms with van der Waals surface area (Å²) in [6.45, 7) is 15.8. The summed E-state index contributed by atoms with van der Waals surface area (Å²) in [6.07, 6.45) is 4.02. The molecule has 3 nitrogen and oxygen atoms in total. The summed E-state index contributed by atoms with van der Waals surface area (Å²) in [5.41, 5.74) is 0.956. The first kappa shape index (κ1) is 24.6. The van der Waals surface area contributed by atoms with Crippen molar-refractivity contribution in [1.29, 1.82) is 0 Å². The van der Waals surface area contributed by atoms with Crippen LogP contribution in [0.1, 0.15) is 66.4 Å². The van der Waals surface area contributed by atoms with Gasteiger partial charge in [-0.2, -0.15) is 8.42 Å². The predicted molar refractivity (Wildman–Crippen MR) is 112 cm³/mol. The van der Waals surface area contributed by atoms with Gasteiger partial charge in [0.25, 0.3) is 10.1 Å². The molecule has 1 aromatic rings. The molecule has 1 rings (SSSR count). The molecule has 146 valence electrons. The van der Waals surface area contributed by atoms with Gasteiger partial charge in [0, 0.05) is 0 Å². The molecule has 0 aliphatic rings. The maximum absolute atomic E-state index is 10.5. The van der Waals surface area contributed by atoms with Crippen molar-refractivity contribution in [3.8, 4) is 0 Å². The Labute approximate surface area is 158 Å². The molecular formula is C20H37O3PS. The fraction of sp³-hybridized carbons (Fsp3) is 0.700. The third kappa shape index (κ3) is 11.7. The van der Waals surface area contributed by atoms with Gasteiger partial charge >= 0.3 is 0 Å². The average molecular weight is 389 g/mol. The van der Waals surface area contributed by atoms with Crippen molar-refractivity contribution >= 4 is 19.4 Å². The zero-order chi connectivity index (χ0) is 19.8. The van der Waals surface area contributed by atoms with E-state index in [1.54, 1.807) is 12.1 Å². The molecule has 0 heterocycles. The van der Waals surface area contributed by atoms with Crippen LogP contribution < -0.4 is 0 Å². The Kier molecular flexibility index (Phi) is 10.5. The number of hydrogen-bond donors (Lipinski definition) is 1. The second-order valence-corrected chi connectivity index (χ2v) is 11.1. The topological polar surface area (TPSA) is 54.4 Å². The molecule has 0 aliphatic heterocycles. The van der Waals surface area contributed by atoms with Crippen LogP contribution in [-0.4, -0.2) is 18.1 Å². The van der Waals surface area contributed by atoms with Crippen LogP contribution in [0, 0.1) is 24.7 Å². The van der Waals surface area contributed by atoms with E-state index in [4.69, 9.17) is 4.55 Å². The Morgan fingerprint density at radius 3 is 1.44 bits per heavy atom. The summed E-state index contributed by atoms with van der Waals surface area (Å²) in [4.78, 5) is -0.0666. The molecule has 1 atom stereocenters. The first-order valence-corrected chi connectivity index (χ1v) is 11.1. The largest absolute Gasteiger partial charge is 0.294 e. The van der Waals surface area contributed by atoms with Gasteiger partial charge in [0.2, 0.25) is 0 Å². The van der Waals surface area contributed by atoms with Gasteiger partial charge in [0.15, 0.2) is 0 Å². The SMILES string of the molecule is CC(C)CC(P)(CC(C)C)CC(C)C.Cc1ccc(S(=O)(=O)O)cc1. The highest BCUT2D eigenvalue weighted by atomic mass is 32.2. The van der Waals surface area contributed by atoms with Gasteiger partial charge in [0.1, 0.15) is 0 Å². The van der Waals surface area contributed by atoms with Crippen LogP contribution in [0.15, 0.2) is 29.2 Å². The molecule has 1 N–H and O–H groups in total. The van der Waals surface area contributed by atoms with Crippen LogP contribution in [0.4, 0.5) is 0 Å². The third-order valence-corrected chi connectivity index (χ3v) is 5.34. The summed E-state index contributed by atoms with van der Waals surface area (Å²) in [6, 6.07) is 5.99. The van der Waals surface area contributed by atoms with E-state index in [9.17, 15) is 8.42 Å². The van der Waals surface area contributed by atoms with Crippen molar-refractivity contribution in [2.45, 2.75) is 77.8 Å². The smallest absolute Gasteiger partial charge is 0.282 e. The van der Waals surface area contributed by atoms with Crippen molar-refractivity contribution in [1.82, 2.24) is 0 Å². The van der Waals surface area contributed by atoms with E-state index in [2.05, 4.69) is 50.8 Å². The lowest BCUT2D eigenvalue weighted by Crippen LogP contribution is -2.27. The molecular weight excluding hydrogens is 351 g/mol. The van der Waals surface area contributed by atoms with E-state index in [1.807, 2.05) is 6.92 Å². The first-order valence-electron chi connectivity index (χ1n) is 9.08. The molecule has 0 aromatic heterocycles. The fourth-order valence-corrected chi connectivity index (χ4v) is 5.29. The van der Waals surface area contributed by atoms with E-state index in [0.717, 1.165) is 23.3 Å². The van der Waals surface area contributed by atoms with Gasteiger partial charge in [-0.15, -0.1) is 9.24 Å². The number of rotatable bonds is 7. The minimum absolute atomic E-state index is 0.0666. The lowest BCUT2D eigenvalue weighted by atomic mass is 9.83. The van der Waals surface area contributed by atoms with Crippen LogP contribution in [0.5, 0.6) is 0 Å². The van der Waals surface area contributed by atoms with Crippen molar-refractivity contribution in [2.75, 3.05) is 0 Å². The molecule has 1 unspecified atom stereocenters. The molecule has 0 aliphatic carbocycles. The maximum Gasteiger partial charge on any atom is 0.294 e. The van der Waals surface area contributed by atoms with Gasteiger partial charge < -0.3 is 0 Å². The van der Waals surface area contributed by atoms with E-state index in [-0.39, 0.29) is 4.90 Å². The van der Waals surface area contributed by atoms with Crippen LogP contribution in [0.25, 0.3) is 0 Å². The summed E-state index contributed by atoms with van der Waals surface area (Å²) in [7, 11) is -0.870. The summed E-state index contributed by atoms with van der Waals surface area (Å²) in [5.74, 6) is 2.43. The molecule has 1 aromatic carbocycles. The Morgan fingerprint density at radius 1 is 0.880 bits per heavy atom. The number of hydrogen-bond acceptors (Lipinski definition) is 2. The minimum Gasteiger partial charge on any atom is -0.282 e. The zero-order valence-corrected chi connectivity index (χ0v) is 18.9. The predicted octanol–water partition coefficient (Wildman–Crippen LogP) is 5.98. The summed E-state index contributed by atoms with van der Waals surface area (Å²) in [5, 5.41) is 0.483. The average Bonchev–Trinajstić information content (AvgIpc) is 2.34. The molecule has 0 saturated carbocycles. The number of benzene rings is 1. The third-order valence-electron chi connectivity index (χ3n) is 3.76. The van der Waals surface area contributed by atoms with Gasteiger partial charge in [0.05, 0.1) is 4.90 Å². The van der Waals surface area contributed by atoms with E-state index in [1.165, 1.54) is 31.4 Å². The normalized spacial score (nSPS) is 12.5. The van der Waals surface area contributed by atoms with Gasteiger partial charge in [-0.05, 0) is 61.2 Å². The fourth-order valence-electron chi connectivity index (χ4n) is 3.40. The Balaban J connectivity index is 0.000000472. The van der Waals surface area contributed by atoms with Crippen molar-refractivity contribution in [3.05, 3.63) is 29.8 Å². The number of aryl methyl sites for hydroxylation is 1. The Morgan fingerprint density at radius 2 is 1.20 bits per heavy atom. The molecule has 25 heavy (non-hydrogen) atoms. The molecule has 0 amide bonds. The first-order chi connectivity index (χ1) is 11.2. The molecule has 5 heteroatoms. The molecule has 0 spiro atoms. The molecule has 0 bridgehead atoms. The van der Waals surface area contributed by atoms with Crippen molar-refractivity contribution < 1.29 is 13.0 Å². The second kappa shape index (κ2) is 10.6. The summed E-state index contributed by atoms with van der Waals surface area (Å²) >= 11 is 0. The quantitative estimate of drug-likeness (QED) is 0.462. The highest BCUT2D eigenvalue weighted by Gasteiger charge is 2.27. The van der Waals surface area contributed by atoms with Crippen LogP contribution in [0.2, 0.25) is 0 Å². The highest BCUT2D eigenvalue weighted by Crippen LogP contribution is 2.39. The molecule has 0 saturated heterocycles. The van der Waals surface area contributed by atoms with Crippen molar-refractivity contribution in [2.24, 2.45) is 17.8 Å². The second-order valence-electron chi connectivity index (χ2n) is 8.44. The highest BCUT2D eigenvalue weighted by molar-refractivity contribution is 7.85. The standard InChI is InChI=1S/C13H29P.C7H8O3S/c1-10(2)7-13(14,8-11(3)4)9-12(5)6;1-6-2-4-7(5-3-6)11(8,9)10/h10-12H,7-9,14H2,1-6H3;2-5H,1H3,(H,8,9,10). The Hall–Kier alpha value is -0.440. The van der Waals surface area contributed by atoms with E-state index < -0.39 is 10.1 Å². The molecule has 0 fully saturated rings. The minimum atomic E-state index is -4.02. The zero-order valence-electron chi connectivity index (χ0n) is 16.9.